The van der Waals surface area contributed by atoms with Gasteiger partial charge >= 0.3 is 0 Å². The number of nitrogens with two attached hydrogens (primary N) is 1. The predicted molar refractivity (Wildman–Crippen MR) is 79.5 cm³/mol. The van der Waals surface area contributed by atoms with Gasteiger partial charge in [-0.2, -0.15) is 4.31 Å². The number of likely N-dealkylation sites (N-methyl/N-ethyl adjacent to an activating group) is 1. The van der Waals surface area contributed by atoms with Gasteiger partial charge in [-0.15, -0.1) is 0 Å². The van der Waals surface area contributed by atoms with E-state index in [-0.39, 0.29) is 11.8 Å². The van der Waals surface area contributed by atoms with Crippen molar-refractivity contribution in [1.82, 2.24) is 4.31 Å². The molecule has 1 aromatic rings. The highest BCUT2D eigenvalue weighted by Gasteiger charge is 2.33. The normalized spacial score (nSPS) is 23.9. The summed E-state index contributed by atoms with van der Waals surface area (Å²) in [4.78, 5) is 0. The van der Waals surface area contributed by atoms with E-state index in [1.54, 1.807) is 31.3 Å². The van der Waals surface area contributed by atoms with E-state index in [4.69, 9.17) is 5.73 Å². The highest BCUT2D eigenvalue weighted by Crippen LogP contribution is 2.25. The first kappa shape index (κ1) is 15.3. The van der Waals surface area contributed by atoms with E-state index in [9.17, 15) is 13.5 Å². The van der Waals surface area contributed by atoms with Crippen LogP contribution in [0.3, 0.4) is 0 Å². The zero-order valence-corrected chi connectivity index (χ0v) is 12.5. The van der Waals surface area contributed by atoms with Crippen molar-refractivity contribution in [2.45, 2.75) is 43.6 Å². The Labute approximate surface area is 120 Å². The highest BCUT2D eigenvalue weighted by molar-refractivity contribution is 7.88. The molecule has 0 aromatic heterocycles. The van der Waals surface area contributed by atoms with Crippen molar-refractivity contribution in [2.75, 3.05) is 12.8 Å². The standard InChI is InChI=1S/C14H22N2O3S/c1-16(13-4-2-3-5-14(13)17)20(18,19)10-11-6-8-12(15)9-7-11/h6-9,13-14,17H,2-5,10,15H2,1H3. The number of benzene rings is 1. The molecule has 3 N–H and O–H groups in total. The van der Waals surface area contributed by atoms with Crippen LogP contribution in [-0.4, -0.2) is 37.0 Å². The number of nitrogen functional groups attached to an aromatic ring is 1. The second-order valence-electron chi connectivity index (χ2n) is 5.43. The zero-order valence-electron chi connectivity index (χ0n) is 11.7. The van der Waals surface area contributed by atoms with Crippen LogP contribution in [-0.2, 0) is 15.8 Å². The van der Waals surface area contributed by atoms with Crippen LogP contribution in [0.15, 0.2) is 24.3 Å². The molecule has 0 aliphatic heterocycles. The third-order valence-corrected chi connectivity index (χ3v) is 5.77. The summed E-state index contributed by atoms with van der Waals surface area (Å²) in [5, 5.41) is 9.98. The quantitative estimate of drug-likeness (QED) is 0.822. The van der Waals surface area contributed by atoms with Gasteiger partial charge in [0.05, 0.1) is 17.9 Å². The van der Waals surface area contributed by atoms with Crippen LogP contribution in [0.5, 0.6) is 0 Å². The van der Waals surface area contributed by atoms with Gasteiger partial charge in [-0.25, -0.2) is 8.42 Å². The number of rotatable bonds is 4. The predicted octanol–water partition coefficient (Wildman–Crippen LogP) is 1.33. The number of aliphatic hydroxyl groups is 1. The number of aliphatic hydroxyl groups excluding tert-OH is 1. The molecular weight excluding hydrogens is 276 g/mol. The van der Waals surface area contributed by atoms with Gasteiger partial charge in [0, 0.05) is 12.7 Å². The molecule has 1 saturated carbocycles. The van der Waals surface area contributed by atoms with E-state index in [1.807, 2.05) is 0 Å². The third-order valence-electron chi connectivity index (χ3n) is 3.93. The van der Waals surface area contributed by atoms with Gasteiger partial charge in [-0.05, 0) is 30.5 Å². The van der Waals surface area contributed by atoms with Gasteiger partial charge in [0.2, 0.25) is 10.0 Å². The average Bonchev–Trinajstić information content (AvgIpc) is 2.41. The molecule has 0 spiro atoms. The van der Waals surface area contributed by atoms with E-state index in [2.05, 4.69) is 0 Å². The third kappa shape index (κ3) is 3.50. The Balaban J connectivity index is 2.10. The molecule has 2 atom stereocenters. The summed E-state index contributed by atoms with van der Waals surface area (Å²) in [5.41, 5.74) is 6.91. The number of sulfonamides is 1. The Hall–Kier alpha value is -1.11. The van der Waals surface area contributed by atoms with Crippen molar-refractivity contribution < 1.29 is 13.5 Å². The molecule has 5 nitrogen and oxygen atoms in total. The lowest BCUT2D eigenvalue weighted by Gasteiger charge is -2.34. The second-order valence-corrected chi connectivity index (χ2v) is 7.46. The summed E-state index contributed by atoms with van der Waals surface area (Å²) >= 11 is 0. The van der Waals surface area contributed by atoms with Crippen molar-refractivity contribution in [3.8, 4) is 0 Å². The van der Waals surface area contributed by atoms with Crippen LogP contribution in [0.2, 0.25) is 0 Å². The van der Waals surface area contributed by atoms with Crippen molar-refractivity contribution >= 4 is 15.7 Å². The van der Waals surface area contributed by atoms with Crippen molar-refractivity contribution in [3.63, 3.8) is 0 Å². The largest absolute Gasteiger partial charge is 0.399 e. The van der Waals surface area contributed by atoms with Crippen molar-refractivity contribution in [1.29, 1.82) is 0 Å². The van der Waals surface area contributed by atoms with Gasteiger partial charge in [-0.1, -0.05) is 25.0 Å². The van der Waals surface area contributed by atoms with E-state index in [1.165, 1.54) is 4.31 Å². The molecule has 0 saturated heterocycles. The number of hydrogen-bond donors (Lipinski definition) is 2. The minimum absolute atomic E-state index is 0.0625. The maximum Gasteiger partial charge on any atom is 0.218 e. The molecule has 6 heteroatoms. The SMILES string of the molecule is CN(C1CCCCC1O)S(=O)(=O)Cc1ccc(N)cc1. The number of hydrogen-bond acceptors (Lipinski definition) is 4. The average molecular weight is 298 g/mol. The summed E-state index contributed by atoms with van der Waals surface area (Å²) in [5.74, 6) is -0.0625. The lowest BCUT2D eigenvalue weighted by molar-refractivity contribution is 0.0637. The summed E-state index contributed by atoms with van der Waals surface area (Å²) in [7, 11) is -1.86. The van der Waals surface area contributed by atoms with Crippen LogP contribution in [0.4, 0.5) is 5.69 Å². The van der Waals surface area contributed by atoms with Gasteiger partial charge in [0.25, 0.3) is 0 Å². The smallest absolute Gasteiger partial charge is 0.218 e. The van der Waals surface area contributed by atoms with Gasteiger partial charge in [0.1, 0.15) is 0 Å². The van der Waals surface area contributed by atoms with Crippen LogP contribution in [0.1, 0.15) is 31.2 Å². The molecule has 0 bridgehead atoms. The van der Waals surface area contributed by atoms with Crippen molar-refractivity contribution in [2.24, 2.45) is 0 Å². The number of anilines is 1. The summed E-state index contributed by atoms with van der Waals surface area (Å²) < 4.78 is 26.2. The van der Waals surface area contributed by atoms with Gasteiger partial charge in [0.15, 0.2) is 0 Å². The lowest BCUT2D eigenvalue weighted by atomic mass is 9.93. The van der Waals surface area contributed by atoms with Crippen LogP contribution < -0.4 is 5.73 Å². The second kappa shape index (κ2) is 6.11. The minimum atomic E-state index is -3.43. The Bertz CT molecular complexity index is 542. The molecule has 0 amide bonds. The van der Waals surface area contributed by atoms with Crippen LogP contribution >= 0.6 is 0 Å². The first-order valence-corrected chi connectivity index (χ1v) is 8.49. The van der Waals surface area contributed by atoms with Crippen LogP contribution in [0.25, 0.3) is 0 Å². The van der Waals surface area contributed by atoms with E-state index in [0.717, 1.165) is 19.3 Å². The molecule has 1 aliphatic carbocycles. The first-order valence-electron chi connectivity index (χ1n) is 6.88. The monoisotopic (exact) mass is 298 g/mol. The molecule has 1 fully saturated rings. The molecule has 20 heavy (non-hydrogen) atoms. The maximum atomic E-state index is 12.4. The van der Waals surface area contributed by atoms with Gasteiger partial charge < -0.3 is 10.8 Å². The highest BCUT2D eigenvalue weighted by atomic mass is 32.2. The van der Waals surface area contributed by atoms with Crippen LogP contribution in [0, 0.1) is 0 Å². The molecule has 0 heterocycles. The minimum Gasteiger partial charge on any atom is -0.399 e. The topological polar surface area (TPSA) is 83.6 Å². The Morgan fingerprint density at radius 1 is 1.25 bits per heavy atom. The Morgan fingerprint density at radius 3 is 2.45 bits per heavy atom. The molecule has 1 aromatic carbocycles. The van der Waals surface area contributed by atoms with Gasteiger partial charge in [-0.3, -0.25) is 0 Å². The fourth-order valence-electron chi connectivity index (χ4n) is 2.65. The zero-order chi connectivity index (χ0) is 14.8. The Morgan fingerprint density at radius 2 is 1.85 bits per heavy atom. The number of nitrogens with zero attached hydrogens (tertiary/aromatic N) is 1. The van der Waals surface area contributed by atoms with Crippen molar-refractivity contribution in [3.05, 3.63) is 29.8 Å². The molecule has 2 rings (SSSR count). The summed E-state index contributed by atoms with van der Waals surface area (Å²) in [6.45, 7) is 0. The van der Waals surface area contributed by atoms with E-state index in [0.29, 0.717) is 17.7 Å². The first-order chi connectivity index (χ1) is 9.40. The van der Waals surface area contributed by atoms with E-state index < -0.39 is 16.1 Å². The molecule has 0 radical (unpaired) electrons. The fraction of sp³-hybridized carbons (Fsp3) is 0.571. The summed E-state index contributed by atoms with van der Waals surface area (Å²) in [6, 6.07) is 6.53. The molecule has 1 aliphatic rings. The fourth-order valence-corrected chi connectivity index (χ4v) is 4.12. The lowest BCUT2D eigenvalue weighted by Crippen LogP contribution is -2.46. The van der Waals surface area contributed by atoms with E-state index >= 15 is 0 Å². The maximum absolute atomic E-state index is 12.4. The molecule has 112 valence electrons. The molecular formula is C14H22N2O3S. The Kier molecular flexibility index (Phi) is 4.67. The molecule has 2 unspecified atom stereocenters. The summed E-state index contributed by atoms with van der Waals surface area (Å²) in [6.07, 6.45) is 2.76.